The largest absolute Gasteiger partial charge is 0.508 e. The van der Waals surface area contributed by atoms with E-state index in [0.717, 1.165) is 11.1 Å². The summed E-state index contributed by atoms with van der Waals surface area (Å²) in [4.78, 5) is 0. The number of nitrogens with two attached hydrogens (primary N) is 1. The number of phenolic OH excluding ortho intramolecular Hbond substituents is 1. The number of aromatic hydroxyl groups is 1. The zero-order valence-corrected chi connectivity index (χ0v) is 9.00. The zero-order valence-electron chi connectivity index (χ0n) is 8.18. The fourth-order valence-corrected chi connectivity index (χ4v) is 2.85. The summed E-state index contributed by atoms with van der Waals surface area (Å²) >= 11 is 0. The maximum absolute atomic E-state index is 11.2. The third kappa shape index (κ3) is 2.13. The smallest absolute Gasteiger partial charge is 0.212 e. The van der Waals surface area contributed by atoms with Crippen LogP contribution in [0.5, 0.6) is 5.75 Å². The van der Waals surface area contributed by atoms with E-state index in [4.69, 9.17) is 5.14 Å². The first kappa shape index (κ1) is 10.4. The number of aryl methyl sites for hydroxylation is 1. The van der Waals surface area contributed by atoms with Gasteiger partial charge in [0, 0.05) is 0 Å². The SMILES string of the molecule is NS(=O)(=O)[C@H]1CCc2cc(O)ccc2C1. The Balaban J connectivity index is 2.32. The minimum atomic E-state index is -3.44. The number of primary sulfonamides is 1. The van der Waals surface area contributed by atoms with E-state index < -0.39 is 15.3 Å². The van der Waals surface area contributed by atoms with E-state index in [1.807, 2.05) is 0 Å². The van der Waals surface area contributed by atoms with Crippen LogP contribution in [0.15, 0.2) is 18.2 Å². The van der Waals surface area contributed by atoms with Crippen molar-refractivity contribution < 1.29 is 13.5 Å². The number of fused-ring (bicyclic) bond motifs is 1. The summed E-state index contributed by atoms with van der Waals surface area (Å²) in [6.45, 7) is 0. The van der Waals surface area contributed by atoms with Gasteiger partial charge in [0.15, 0.2) is 0 Å². The molecule has 5 heteroatoms. The maximum Gasteiger partial charge on any atom is 0.212 e. The Morgan fingerprint density at radius 3 is 2.73 bits per heavy atom. The first-order valence-corrected chi connectivity index (χ1v) is 6.40. The van der Waals surface area contributed by atoms with Gasteiger partial charge in [0.1, 0.15) is 5.75 Å². The molecule has 15 heavy (non-hydrogen) atoms. The zero-order chi connectivity index (χ0) is 11.1. The highest BCUT2D eigenvalue weighted by atomic mass is 32.2. The summed E-state index contributed by atoms with van der Waals surface area (Å²) in [5.74, 6) is 0.225. The van der Waals surface area contributed by atoms with E-state index in [0.29, 0.717) is 19.3 Å². The third-order valence-corrected chi connectivity index (χ3v) is 4.17. The van der Waals surface area contributed by atoms with E-state index in [-0.39, 0.29) is 5.75 Å². The third-order valence-electron chi connectivity index (χ3n) is 2.84. The van der Waals surface area contributed by atoms with Gasteiger partial charge in [0.2, 0.25) is 10.0 Å². The molecular weight excluding hydrogens is 214 g/mol. The molecular formula is C10H13NO3S. The Labute approximate surface area is 88.8 Å². The molecule has 1 aromatic carbocycles. The summed E-state index contributed by atoms with van der Waals surface area (Å²) in [5.41, 5.74) is 1.99. The molecule has 0 unspecified atom stereocenters. The molecule has 0 fully saturated rings. The molecule has 1 aliphatic carbocycles. The molecule has 0 radical (unpaired) electrons. The van der Waals surface area contributed by atoms with Gasteiger partial charge in [0.25, 0.3) is 0 Å². The van der Waals surface area contributed by atoms with Gasteiger partial charge in [-0.3, -0.25) is 0 Å². The molecule has 4 nitrogen and oxygen atoms in total. The van der Waals surface area contributed by atoms with Crippen LogP contribution in [0.25, 0.3) is 0 Å². The molecule has 0 heterocycles. The second kappa shape index (κ2) is 3.50. The molecule has 0 saturated heterocycles. The van der Waals surface area contributed by atoms with Crippen molar-refractivity contribution in [1.29, 1.82) is 0 Å². The van der Waals surface area contributed by atoms with E-state index in [1.165, 1.54) is 0 Å². The predicted octanol–water partition coefficient (Wildman–Crippen LogP) is 0.538. The van der Waals surface area contributed by atoms with Gasteiger partial charge in [0.05, 0.1) is 5.25 Å². The lowest BCUT2D eigenvalue weighted by Gasteiger charge is -2.22. The molecule has 0 bridgehead atoms. The second-order valence-corrected chi connectivity index (χ2v) is 5.75. The van der Waals surface area contributed by atoms with Crippen molar-refractivity contribution in [3.05, 3.63) is 29.3 Å². The Kier molecular flexibility index (Phi) is 2.44. The Hall–Kier alpha value is -1.07. The number of phenols is 1. The van der Waals surface area contributed by atoms with Gasteiger partial charge in [-0.1, -0.05) is 6.07 Å². The number of rotatable bonds is 1. The number of hydrogen-bond acceptors (Lipinski definition) is 3. The van der Waals surface area contributed by atoms with Crippen LogP contribution in [-0.4, -0.2) is 18.8 Å². The summed E-state index contributed by atoms with van der Waals surface area (Å²) in [7, 11) is -3.44. The Bertz CT molecular complexity index is 481. The molecule has 1 atom stereocenters. The molecule has 82 valence electrons. The van der Waals surface area contributed by atoms with Crippen molar-refractivity contribution >= 4 is 10.0 Å². The molecule has 1 aliphatic rings. The highest BCUT2D eigenvalue weighted by Gasteiger charge is 2.26. The summed E-state index contributed by atoms with van der Waals surface area (Å²) in [5, 5.41) is 13.9. The fourth-order valence-electron chi connectivity index (χ4n) is 1.99. The van der Waals surface area contributed by atoms with Crippen LogP contribution in [0.4, 0.5) is 0 Å². The quantitative estimate of drug-likeness (QED) is 0.734. The van der Waals surface area contributed by atoms with Gasteiger partial charge < -0.3 is 5.11 Å². The van der Waals surface area contributed by atoms with Crippen molar-refractivity contribution in [1.82, 2.24) is 0 Å². The van der Waals surface area contributed by atoms with Gasteiger partial charge in [-0.2, -0.15) is 0 Å². The standard InChI is InChI=1S/C10H13NO3S/c11-15(13,14)10-4-2-7-5-9(12)3-1-8(7)6-10/h1,3,5,10,12H,2,4,6H2,(H2,11,13,14)/t10-/m0/s1. The minimum Gasteiger partial charge on any atom is -0.508 e. The van der Waals surface area contributed by atoms with Gasteiger partial charge >= 0.3 is 0 Å². The molecule has 1 aromatic rings. The summed E-state index contributed by atoms with van der Waals surface area (Å²) < 4.78 is 22.4. The van der Waals surface area contributed by atoms with Crippen molar-refractivity contribution in [3.8, 4) is 5.75 Å². The molecule has 3 N–H and O–H groups in total. The average Bonchev–Trinajstić information content (AvgIpc) is 2.15. The fraction of sp³-hybridized carbons (Fsp3) is 0.400. The van der Waals surface area contributed by atoms with Crippen molar-refractivity contribution in [2.45, 2.75) is 24.5 Å². The van der Waals surface area contributed by atoms with Crippen molar-refractivity contribution in [2.24, 2.45) is 5.14 Å². The van der Waals surface area contributed by atoms with Crippen LogP contribution >= 0.6 is 0 Å². The van der Waals surface area contributed by atoms with Crippen molar-refractivity contribution in [2.75, 3.05) is 0 Å². The van der Waals surface area contributed by atoms with Crippen molar-refractivity contribution in [3.63, 3.8) is 0 Å². The van der Waals surface area contributed by atoms with E-state index in [9.17, 15) is 13.5 Å². The van der Waals surface area contributed by atoms with Gasteiger partial charge in [-0.15, -0.1) is 0 Å². The molecule has 0 aromatic heterocycles. The highest BCUT2D eigenvalue weighted by molar-refractivity contribution is 7.89. The normalized spacial score (nSPS) is 21.0. The minimum absolute atomic E-state index is 0.225. The average molecular weight is 227 g/mol. The van der Waals surface area contributed by atoms with E-state index in [2.05, 4.69) is 0 Å². The molecule has 0 amide bonds. The first-order valence-electron chi connectivity index (χ1n) is 4.79. The van der Waals surface area contributed by atoms with E-state index >= 15 is 0 Å². The summed E-state index contributed by atoms with van der Waals surface area (Å²) in [6.07, 6.45) is 1.65. The number of sulfonamides is 1. The van der Waals surface area contributed by atoms with Crippen LogP contribution in [0.2, 0.25) is 0 Å². The van der Waals surface area contributed by atoms with Gasteiger partial charge in [-0.05, 0) is 42.5 Å². The molecule has 0 saturated carbocycles. The maximum atomic E-state index is 11.2. The van der Waals surface area contributed by atoms with Gasteiger partial charge in [-0.25, -0.2) is 13.6 Å². The topological polar surface area (TPSA) is 80.4 Å². The van der Waals surface area contributed by atoms with Crippen LogP contribution in [0.3, 0.4) is 0 Å². The first-order chi connectivity index (χ1) is 6.97. The lowest BCUT2D eigenvalue weighted by atomic mass is 9.91. The lowest BCUT2D eigenvalue weighted by Crippen LogP contribution is -2.33. The molecule has 2 rings (SSSR count). The van der Waals surface area contributed by atoms with E-state index in [1.54, 1.807) is 18.2 Å². The molecule has 0 spiro atoms. The Morgan fingerprint density at radius 2 is 2.07 bits per heavy atom. The predicted molar refractivity (Wildman–Crippen MR) is 57.0 cm³/mol. The van der Waals surface area contributed by atoms with Crippen LogP contribution in [-0.2, 0) is 22.9 Å². The summed E-state index contributed by atoms with van der Waals surface area (Å²) in [6, 6.07) is 5.03. The number of hydrogen-bond donors (Lipinski definition) is 2. The second-order valence-electron chi connectivity index (χ2n) is 3.91. The lowest BCUT2D eigenvalue weighted by molar-refractivity contribution is 0.473. The van der Waals surface area contributed by atoms with Crippen LogP contribution < -0.4 is 5.14 Å². The monoisotopic (exact) mass is 227 g/mol. The van der Waals surface area contributed by atoms with Crippen LogP contribution in [0.1, 0.15) is 17.5 Å². The Morgan fingerprint density at radius 1 is 1.33 bits per heavy atom. The highest BCUT2D eigenvalue weighted by Crippen LogP contribution is 2.27. The van der Waals surface area contributed by atoms with Crippen LogP contribution in [0, 0.1) is 0 Å². The number of benzene rings is 1. The molecule has 0 aliphatic heterocycles.